The Morgan fingerprint density at radius 1 is 1.42 bits per heavy atom. The van der Waals surface area contributed by atoms with Gasteiger partial charge >= 0.3 is 0 Å². The molecule has 0 saturated carbocycles. The number of hydrogen-bond acceptors (Lipinski definition) is 3. The van der Waals surface area contributed by atoms with E-state index in [1.54, 1.807) is 17.9 Å². The van der Waals surface area contributed by atoms with E-state index in [0.29, 0.717) is 23.7 Å². The van der Waals surface area contributed by atoms with Crippen molar-refractivity contribution in [2.45, 2.75) is 26.9 Å². The van der Waals surface area contributed by atoms with Gasteiger partial charge in [0.1, 0.15) is 5.82 Å². The number of aliphatic hydroxyl groups is 1. The number of primary amides is 1. The van der Waals surface area contributed by atoms with Crippen LogP contribution in [0.25, 0.3) is 0 Å². The summed E-state index contributed by atoms with van der Waals surface area (Å²) in [6, 6.07) is 4.17. The lowest BCUT2D eigenvalue weighted by atomic mass is 10.1. The Morgan fingerprint density at radius 2 is 2.05 bits per heavy atom. The number of carbonyl (C=O) groups excluding carboxylic acids is 1. The summed E-state index contributed by atoms with van der Waals surface area (Å²) in [7, 11) is 0. The maximum atomic E-state index is 13.3. The third kappa shape index (κ3) is 4.52. The van der Waals surface area contributed by atoms with Crippen LogP contribution in [0.1, 0.15) is 32.4 Å². The maximum Gasteiger partial charge on any atom is 0.236 e. The second-order valence-electron chi connectivity index (χ2n) is 5.12. The van der Waals surface area contributed by atoms with Gasteiger partial charge in [0.15, 0.2) is 0 Å². The van der Waals surface area contributed by atoms with Crippen molar-refractivity contribution in [3.8, 4) is 0 Å². The molecule has 4 nitrogen and oxygen atoms in total. The van der Waals surface area contributed by atoms with E-state index in [2.05, 4.69) is 0 Å². The molecule has 106 valence electrons. The highest BCUT2D eigenvalue weighted by Gasteiger charge is 2.17. The number of halogens is 1. The van der Waals surface area contributed by atoms with E-state index < -0.39 is 17.8 Å². The second-order valence-corrected chi connectivity index (χ2v) is 5.12. The van der Waals surface area contributed by atoms with Crippen LogP contribution in [0.15, 0.2) is 18.2 Å². The standard InChI is InChI=1S/C14H21FN2O2/c1-9(2)7-17(8-14(16)19)13-5-4-11(15)6-12(13)10(3)18/h4-6,9-10,18H,7-8H2,1-3H3,(H2,16,19). The average Bonchev–Trinajstić information content (AvgIpc) is 2.26. The average molecular weight is 268 g/mol. The molecule has 19 heavy (non-hydrogen) atoms. The Kier molecular flexibility index (Phi) is 5.30. The zero-order valence-electron chi connectivity index (χ0n) is 11.6. The van der Waals surface area contributed by atoms with Gasteiger partial charge in [-0.15, -0.1) is 0 Å². The van der Waals surface area contributed by atoms with Crippen molar-refractivity contribution in [2.24, 2.45) is 11.7 Å². The number of rotatable bonds is 6. The quantitative estimate of drug-likeness (QED) is 0.827. The second kappa shape index (κ2) is 6.52. The van der Waals surface area contributed by atoms with Crippen LogP contribution in [0.2, 0.25) is 0 Å². The first-order valence-corrected chi connectivity index (χ1v) is 6.32. The normalized spacial score (nSPS) is 12.5. The Hall–Kier alpha value is -1.62. The van der Waals surface area contributed by atoms with Gasteiger partial charge in [-0.1, -0.05) is 13.8 Å². The molecule has 1 atom stereocenters. The maximum absolute atomic E-state index is 13.3. The van der Waals surface area contributed by atoms with Crippen LogP contribution < -0.4 is 10.6 Å². The minimum atomic E-state index is -0.812. The van der Waals surface area contributed by atoms with Crippen LogP contribution in [-0.4, -0.2) is 24.1 Å². The van der Waals surface area contributed by atoms with E-state index in [0.717, 1.165) is 0 Å². The molecule has 0 aliphatic rings. The van der Waals surface area contributed by atoms with E-state index >= 15 is 0 Å². The number of carbonyl (C=O) groups is 1. The Balaban J connectivity index is 3.16. The lowest BCUT2D eigenvalue weighted by Crippen LogP contribution is -2.37. The van der Waals surface area contributed by atoms with Gasteiger partial charge in [0.25, 0.3) is 0 Å². The zero-order chi connectivity index (χ0) is 14.6. The summed E-state index contributed by atoms with van der Waals surface area (Å²) in [5.74, 6) is -0.559. The summed E-state index contributed by atoms with van der Waals surface area (Å²) in [5, 5.41) is 9.74. The highest BCUT2D eigenvalue weighted by Crippen LogP contribution is 2.27. The monoisotopic (exact) mass is 268 g/mol. The fourth-order valence-corrected chi connectivity index (χ4v) is 2.02. The van der Waals surface area contributed by atoms with E-state index in [4.69, 9.17) is 5.73 Å². The third-order valence-electron chi connectivity index (χ3n) is 2.71. The molecule has 1 amide bonds. The molecule has 1 aromatic rings. The van der Waals surface area contributed by atoms with Crippen molar-refractivity contribution in [3.05, 3.63) is 29.6 Å². The predicted molar refractivity (Wildman–Crippen MR) is 73.3 cm³/mol. The molecule has 5 heteroatoms. The van der Waals surface area contributed by atoms with Crippen molar-refractivity contribution < 1.29 is 14.3 Å². The first-order valence-electron chi connectivity index (χ1n) is 6.32. The van der Waals surface area contributed by atoms with Crippen LogP contribution in [0.3, 0.4) is 0 Å². The van der Waals surface area contributed by atoms with E-state index in [-0.39, 0.29) is 6.54 Å². The topological polar surface area (TPSA) is 66.6 Å². The molecule has 0 aromatic heterocycles. The highest BCUT2D eigenvalue weighted by molar-refractivity contribution is 5.80. The summed E-state index contributed by atoms with van der Waals surface area (Å²) in [4.78, 5) is 12.9. The van der Waals surface area contributed by atoms with Gasteiger partial charge in [-0.2, -0.15) is 0 Å². The molecule has 3 N–H and O–H groups in total. The molecule has 0 aliphatic carbocycles. The number of nitrogens with zero attached hydrogens (tertiary/aromatic N) is 1. The van der Waals surface area contributed by atoms with Gasteiger partial charge in [-0.05, 0) is 31.0 Å². The van der Waals surface area contributed by atoms with Gasteiger partial charge in [0.2, 0.25) is 5.91 Å². The first kappa shape index (κ1) is 15.4. The van der Waals surface area contributed by atoms with Gasteiger partial charge in [-0.3, -0.25) is 4.79 Å². The van der Waals surface area contributed by atoms with Gasteiger partial charge in [0, 0.05) is 17.8 Å². The molecular formula is C14H21FN2O2. The van der Waals surface area contributed by atoms with Crippen molar-refractivity contribution >= 4 is 11.6 Å². The molecule has 0 aliphatic heterocycles. The smallest absolute Gasteiger partial charge is 0.236 e. The number of nitrogens with two attached hydrogens (primary N) is 1. The minimum Gasteiger partial charge on any atom is -0.389 e. The minimum absolute atomic E-state index is 0.0452. The molecule has 0 heterocycles. The molecule has 1 unspecified atom stereocenters. The molecule has 0 spiro atoms. The van der Waals surface area contributed by atoms with Crippen molar-refractivity contribution in [1.29, 1.82) is 0 Å². The fourth-order valence-electron chi connectivity index (χ4n) is 2.02. The molecule has 0 saturated heterocycles. The molecular weight excluding hydrogens is 247 g/mol. The number of benzene rings is 1. The van der Waals surface area contributed by atoms with Gasteiger partial charge in [0.05, 0.1) is 12.6 Å². The Morgan fingerprint density at radius 3 is 2.53 bits per heavy atom. The number of anilines is 1. The molecule has 1 rings (SSSR count). The number of amides is 1. The summed E-state index contributed by atoms with van der Waals surface area (Å²) in [6.07, 6.45) is -0.812. The molecule has 0 radical (unpaired) electrons. The predicted octanol–water partition coefficient (Wildman–Crippen LogP) is 1.83. The van der Waals surface area contributed by atoms with Crippen LogP contribution in [0.4, 0.5) is 10.1 Å². The SMILES string of the molecule is CC(C)CN(CC(N)=O)c1ccc(F)cc1C(C)O. The van der Waals surface area contributed by atoms with Crippen LogP contribution >= 0.6 is 0 Å². The molecule has 0 bridgehead atoms. The van der Waals surface area contributed by atoms with E-state index in [1.165, 1.54) is 12.1 Å². The number of aliphatic hydroxyl groups excluding tert-OH is 1. The lowest BCUT2D eigenvalue weighted by molar-refractivity contribution is -0.116. The van der Waals surface area contributed by atoms with Gasteiger partial charge in [-0.25, -0.2) is 4.39 Å². The van der Waals surface area contributed by atoms with Crippen LogP contribution in [0.5, 0.6) is 0 Å². The van der Waals surface area contributed by atoms with E-state index in [9.17, 15) is 14.3 Å². The largest absolute Gasteiger partial charge is 0.389 e. The molecule has 1 aromatic carbocycles. The third-order valence-corrected chi connectivity index (χ3v) is 2.71. The van der Waals surface area contributed by atoms with Crippen molar-refractivity contribution in [1.82, 2.24) is 0 Å². The molecule has 0 fully saturated rings. The summed E-state index contributed by atoms with van der Waals surface area (Å²) in [5.41, 5.74) is 6.35. The summed E-state index contributed by atoms with van der Waals surface area (Å²) >= 11 is 0. The highest BCUT2D eigenvalue weighted by atomic mass is 19.1. The van der Waals surface area contributed by atoms with Crippen molar-refractivity contribution in [3.63, 3.8) is 0 Å². The van der Waals surface area contributed by atoms with Crippen molar-refractivity contribution in [2.75, 3.05) is 18.0 Å². The lowest BCUT2D eigenvalue weighted by Gasteiger charge is -2.28. The zero-order valence-corrected chi connectivity index (χ0v) is 11.6. The Bertz CT molecular complexity index is 447. The first-order chi connectivity index (χ1) is 8.81. The van der Waals surface area contributed by atoms with Gasteiger partial charge < -0.3 is 15.7 Å². The fraction of sp³-hybridized carbons (Fsp3) is 0.500. The van der Waals surface area contributed by atoms with E-state index in [1.807, 2.05) is 13.8 Å². The summed E-state index contributed by atoms with van der Waals surface area (Å²) in [6.45, 7) is 6.24. The van der Waals surface area contributed by atoms with Crippen LogP contribution in [-0.2, 0) is 4.79 Å². The van der Waals surface area contributed by atoms with Crippen LogP contribution in [0, 0.1) is 11.7 Å². The summed E-state index contributed by atoms with van der Waals surface area (Å²) < 4.78 is 13.3. The number of hydrogen-bond donors (Lipinski definition) is 2. The Labute approximate surface area is 113 Å².